The summed E-state index contributed by atoms with van der Waals surface area (Å²) in [5.74, 6) is -0.310. The molecule has 1 aromatic carbocycles. The van der Waals surface area contributed by atoms with Crippen LogP contribution in [0.5, 0.6) is 0 Å². The fourth-order valence-corrected chi connectivity index (χ4v) is 1.34. The third kappa shape index (κ3) is 1.76. The van der Waals surface area contributed by atoms with E-state index in [9.17, 15) is 9.18 Å². The minimum Gasteiger partial charge on any atom is -0.335 e. The van der Waals surface area contributed by atoms with Crippen LogP contribution in [0.1, 0.15) is 0 Å². The largest absolute Gasteiger partial charge is 0.335 e. The maximum Gasteiger partial charge on any atom is 0.333 e. The molecule has 0 spiro atoms. The van der Waals surface area contributed by atoms with Gasteiger partial charge in [-0.05, 0) is 18.2 Å². The van der Waals surface area contributed by atoms with Crippen molar-refractivity contribution in [3.63, 3.8) is 0 Å². The molecule has 5 heteroatoms. The van der Waals surface area contributed by atoms with Gasteiger partial charge in [0.25, 0.3) is 0 Å². The van der Waals surface area contributed by atoms with Crippen LogP contribution in [0.15, 0.2) is 24.3 Å². The Morgan fingerprint density at radius 2 is 2.29 bits per heavy atom. The van der Waals surface area contributed by atoms with Gasteiger partial charge in [-0.25, -0.2) is 14.6 Å². The van der Waals surface area contributed by atoms with Crippen LogP contribution in [-0.4, -0.2) is 19.1 Å². The molecule has 1 aliphatic heterocycles. The van der Waals surface area contributed by atoms with E-state index in [2.05, 4.69) is 10.7 Å². The lowest BCUT2D eigenvalue weighted by molar-refractivity contribution is 0.236. The van der Waals surface area contributed by atoms with Gasteiger partial charge < -0.3 is 5.32 Å². The van der Waals surface area contributed by atoms with Crippen LogP contribution in [-0.2, 0) is 0 Å². The molecule has 2 rings (SSSR count). The number of hydrogen-bond donors (Lipinski definition) is 2. The Balaban J connectivity index is 2.17. The van der Waals surface area contributed by atoms with Crippen molar-refractivity contribution in [3.05, 3.63) is 30.1 Å². The van der Waals surface area contributed by atoms with Gasteiger partial charge >= 0.3 is 6.03 Å². The zero-order valence-electron chi connectivity index (χ0n) is 7.46. The normalized spacial score (nSPS) is 16.1. The Labute approximate surface area is 80.7 Å². The fraction of sp³-hybridized carbons (Fsp3) is 0.222. The zero-order chi connectivity index (χ0) is 9.97. The average molecular weight is 195 g/mol. The number of nitrogens with zero attached hydrogens (tertiary/aromatic N) is 1. The Kier molecular flexibility index (Phi) is 2.22. The third-order valence-electron chi connectivity index (χ3n) is 1.98. The topological polar surface area (TPSA) is 44.4 Å². The number of anilines is 1. The Morgan fingerprint density at radius 1 is 1.43 bits per heavy atom. The Bertz CT molecular complexity index is 356. The van der Waals surface area contributed by atoms with Crippen molar-refractivity contribution in [1.29, 1.82) is 0 Å². The first kappa shape index (κ1) is 8.80. The number of urea groups is 1. The van der Waals surface area contributed by atoms with Crippen LogP contribution in [0.3, 0.4) is 0 Å². The molecule has 1 saturated heterocycles. The first-order valence-electron chi connectivity index (χ1n) is 4.33. The van der Waals surface area contributed by atoms with Gasteiger partial charge in [-0.15, -0.1) is 0 Å². The quantitative estimate of drug-likeness (QED) is 0.698. The highest BCUT2D eigenvalue weighted by atomic mass is 19.1. The fourth-order valence-electron chi connectivity index (χ4n) is 1.34. The number of benzene rings is 1. The van der Waals surface area contributed by atoms with Crippen molar-refractivity contribution in [2.75, 3.05) is 18.1 Å². The molecule has 2 amide bonds. The van der Waals surface area contributed by atoms with Gasteiger partial charge in [0.05, 0.1) is 12.2 Å². The van der Waals surface area contributed by atoms with Crippen molar-refractivity contribution >= 4 is 11.7 Å². The smallest absolute Gasteiger partial charge is 0.333 e. The monoisotopic (exact) mass is 195 g/mol. The van der Waals surface area contributed by atoms with Gasteiger partial charge in [-0.1, -0.05) is 6.07 Å². The molecule has 2 N–H and O–H groups in total. The molecule has 1 aromatic rings. The molecule has 1 heterocycles. The van der Waals surface area contributed by atoms with Gasteiger partial charge in [0, 0.05) is 6.54 Å². The van der Waals surface area contributed by atoms with Crippen LogP contribution < -0.4 is 15.8 Å². The summed E-state index contributed by atoms with van der Waals surface area (Å²) in [5, 5.41) is 4.22. The highest BCUT2D eigenvalue weighted by Gasteiger charge is 2.15. The molecule has 0 aliphatic carbocycles. The molecular formula is C9H10FN3O. The molecule has 74 valence electrons. The summed E-state index contributed by atoms with van der Waals surface area (Å²) in [4.78, 5) is 11.0. The van der Waals surface area contributed by atoms with E-state index < -0.39 is 0 Å². The molecule has 0 atom stereocenters. The van der Waals surface area contributed by atoms with Crippen LogP contribution in [0, 0.1) is 5.82 Å². The maximum absolute atomic E-state index is 12.9. The van der Waals surface area contributed by atoms with Gasteiger partial charge in [0.2, 0.25) is 0 Å². The van der Waals surface area contributed by atoms with Crippen molar-refractivity contribution in [1.82, 2.24) is 10.7 Å². The standard InChI is InChI=1S/C9H10FN3O/c10-7-2-1-3-8(6-7)13-5-4-11-9(14)12-13/h1-3,6H,4-5H2,(H2,11,12,14). The average Bonchev–Trinajstić information content (AvgIpc) is 2.18. The van der Waals surface area contributed by atoms with Crippen LogP contribution in [0.4, 0.5) is 14.9 Å². The van der Waals surface area contributed by atoms with Gasteiger partial charge in [-0.3, -0.25) is 5.01 Å². The van der Waals surface area contributed by atoms with Crippen molar-refractivity contribution < 1.29 is 9.18 Å². The van der Waals surface area contributed by atoms with E-state index >= 15 is 0 Å². The predicted molar refractivity (Wildman–Crippen MR) is 50.3 cm³/mol. The lowest BCUT2D eigenvalue weighted by Gasteiger charge is -2.29. The summed E-state index contributed by atoms with van der Waals surface area (Å²) in [6.07, 6.45) is 0. The molecule has 0 radical (unpaired) electrons. The van der Waals surface area contributed by atoms with E-state index in [1.807, 2.05) is 0 Å². The highest BCUT2D eigenvalue weighted by Crippen LogP contribution is 2.13. The van der Waals surface area contributed by atoms with E-state index in [1.165, 1.54) is 12.1 Å². The number of hydrazine groups is 1. The molecule has 4 nitrogen and oxygen atoms in total. The summed E-state index contributed by atoms with van der Waals surface area (Å²) < 4.78 is 12.9. The second-order valence-corrected chi connectivity index (χ2v) is 3.00. The maximum atomic E-state index is 12.9. The number of carbonyl (C=O) groups excluding carboxylic acids is 1. The molecule has 1 aliphatic rings. The third-order valence-corrected chi connectivity index (χ3v) is 1.98. The molecular weight excluding hydrogens is 185 g/mol. The molecule has 0 unspecified atom stereocenters. The first-order chi connectivity index (χ1) is 6.75. The van der Waals surface area contributed by atoms with E-state index in [0.29, 0.717) is 18.8 Å². The van der Waals surface area contributed by atoms with E-state index in [4.69, 9.17) is 0 Å². The number of nitrogens with one attached hydrogen (secondary N) is 2. The zero-order valence-corrected chi connectivity index (χ0v) is 7.46. The number of rotatable bonds is 1. The van der Waals surface area contributed by atoms with E-state index in [1.54, 1.807) is 17.1 Å². The Hall–Kier alpha value is -1.78. The molecule has 0 aromatic heterocycles. The van der Waals surface area contributed by atoms with E-state index in [0.717, 1.165) is 0 Å². The first-order valence-corrected chi connectivity index (χ1v) is 4.33. The van der Waals surface area contributed by atoms with Crippen molar-refractivity contribution in [2.45, 2.75) is 0 Å². The number of carbonyl (C=O) groups is 1. The summed E-state index contributed by atoms with van der Waals surface area (Å²) in [7, 11) is 0. The SMILES string of the molecule is O=C1NCCN(c2cccc(F)c2)N1. The molecule has 14 heavy (non-hydrogen) atoms. The van der Waals surface area contributed by atoms with Crippen LogP contribution in [0.2, 0.25) is 0 Å². The van der Waals surface area contributed by atoms with Gasteiger partial charge in [0.15, 0.2) is 0 Å². The van der Waals surface area contributed by atoms with Crippen molar-refractivity contribution in [3.8, 4) is 0 Å². The number of halogens is 1. The minimum atomic E-state index is -0.310. The van der Waals surface area contributed by atoms with Crippen LogP contribution >= 0.6 is 0 Å². The highest BCUT2D eigenvalue weighted by molar-refractivity contribution is 5.77. The summed E-state index contributed by atoms with van der Waals surface area (Å²) >= 11 is 0. The number of amides is 2. The minimum absolute atomic E-state index is 0.263. The lowest BCUT2D eigenvalue weighted by Crippen LogP contribution is -2.56. The summed E-state index contributed by atoms with van der Waals surface area (Å²) in [6.45, 7) is 1.18. The van der Waals surface area contributed by atoms with Crippen molar-refractivity contribution in [2.24, 2.45) is 0 Å². The predicted octanol–water partition coefficient (Wildman–Crippen LogP) is 0.860. The molecule has 0 saturated carbocycles. The second kappa shape index (κ2) is 3.53. The summed E-state index contributed by atoms with van der Waals surface area (Å²) in [6, 6.07) is 5.84. The van der Waals surface area contributed by atoms with E-state index in [-0.39, 0.29) is 11.8 Å². The number of hydrogen-bond acceptors (Lipinski definition) is 2. The summed E-state index contributed by atoms with van der Waals surface area (Å²) in [5.41, 5.74) is 3.23. The lowest BCUT2D eigenvalue weighted by atomic mass is 10.3. The van der Waals surface area contributed by atoms with Crippen LogP contribution in [0.25, 0.3) is 0 Å². The van der Waals surface area contributed by atoms with Gasteiger partial charge in [0.1, 0.15) is 5.82 Å². The Morgan fingerprint density at radius 3 is 3.00 bits per heavy atom. The molecule has 1 fully saturated rings. The second-order valence-electron chi connectivity index (χ2n) is 3.00. The van der Waals surface area contributed by atoms with Gasteiger partial charge in [-0.2, -0.15) is 0 Å². The molecule has 0 bridgehead atoms.